The largest absolute Gasteiger partial charge is 0.384 e. The summed E-state index contributed by atoms with van der Waals surface area (Å²) in [6.45, 7) is 3.32. The molecule has 0 saturated carbocycles. The molecule has 0 amide bonds. The van der Waals surface area contributed by atoms with Crippen LogP contribution in [-0.2, 0) is 15.6 Å². The molecular formula is C26H26N4O3S. The summed E-state index contributed by atoms with van der Waals surface area (Å²) >= 11 is 0. The van der Waals surface area contributed by atoms with Gasteiger partial charge in [-0.15, -0.1) is 0 Å². The maximum absolute atomic E-state index is 13.0. The Kier molecular flexibility index (Phi) is 6.00. The van der Waals surface area contributed by atoms with Crippen LogP contribution in [0.5, 0.6) is 0 Å². The first-order valence-corrected chi connectivity index (χ1v) is 12.9. The average molecular weight is 475 g/mol. The second kappa shape index (κ2) is 9.11. The number of pyridine rings is 1. The SMILES string of the molecule is CN1CCN(c2c(C#CCO)cnc3[nH]c4ccc(CS(=O)(=O)c5ccccc5)cc4c23)CC1. The van der Waals surface area contributed by atoms with Gasteiger partial charge in [-0.05, 0) is 36.9 Å². The molecule has 5 rings (SSSR count). The second-order valence-electron chi connectivity index (χ2n) is 8.57. The van der Waals surface area contributed by atoms with Gasteiger partial charge in [-0.3, -0.25) is 0 Å². The minimum atomic E-state index is -3.47. The van der Waals surface area contributed by atoms with Crippen molar-refractivity contribution in [3.63, 3.8) is 0 Å². The third-order valence-electron chi connectivity index (χ3n) is 6.24. The highest BCUT2D eigenvalue weighted by Gasteiger charge is 2.23. The van der Waals surface area contributed by atoms with Gasteiger partial charge in [0.15, 0.2) is 9.84 Å². The average Bonchev–Trinajstić information content (AvgIpc) is 3.21. The van der Waals surface area contributed by atoms with Crippen molar-refractivity contribution >= 4 is 37.5 Å². The molecule has 2 aromatic heterocycles. The number of aromatic amines is 1. The number of piperazine rings is 1. The fourth-order valence-electron chi connectivity index (χ4n) is 4.49. The van der Waals surface area contributed by atoms with E-state index in [4.69, 9.17) is 0 Å². The lowest BCUT2D eigenvalue weighted by Crippen LogP contribution is -2.44. The van der Waals surface area contributed by atoms with Gasteiger partial charge in [0.25, 0.3) is 0 Å². The molecule has 174 valence electrons. The van der Waals surface area contributed by atoms with Gasteiger partial charge >= 0.3 is 0 Å². The van der Waals surface area contributed by atoms with Crippen molar-refractivity contribution in [3.05, 3.63) is 65.9 Å². The molecule has 0 aliphatic carbocycles. The number of rotatable bonds is 4. The Morgan fingerprint density at radius 2 is 1.85 bits per heavy atom. The van der Waals surface area contributed by atoms with Crippen LogP contribution >= 0.6 is 0 Å². The van der Waals surface area contributed by atoms with Gasteiger partial charge in [-0.2, -0.15) is 0 Å². The van der Waals surface area contributed by atoms with Gasteiger partial charge in [-0.25, -0.2) is 13.4 Å². The highest BCUT2D eigenvalue weighted by atomic mass is 32.2. The van der Waals surface area contributed by atoms with E-state index in [-0.39, 0.29) is 12.4 Å². The van der Waals surface area contributed by atoms with E-state index in [1.165, 1.54) is 0 Å². The number of aliphatic hydroxyl groups is 1. The maximum atomic E-state index is 13.0. The van der Waals surface area contributed by atoms with E-state index >= 15 is 0 Å². The zero-order valence-corrected chi connectivity index (χ0v) is 19.8. The van der Waals surface area contributed by atoms with Crippen molar-refractivity contribution in [1.82, 2.24) is 14.9 Å². The summed E-state index contributed by atoms with van der Waals surface area (Å²) in [7, 11) is -1.36. The maximum Gasteiger partial charge on any atom is 0.182 e. The Labute approximate surface area is 198 Å². The van der Waals surface area contributed by atoms with Crippen LogP contribution in [-0.4, -0.2) is 68.2 Å². The number of aliphatic hydroxyl groups excluding tert-OH is 1. The number of aromatic nitrogens is 2. The minimum Gasteiger partial charge on any atom is -0.384 e. The molecule has 1 saturated heterocycles. The lowest BCUT2D eigenvalue weighted by Gasteiger charge is -2.35. The van der Waals surface area contributed by atoms with Crippen LogP contribution in [0.4, 0.5) is 5.69 Å². The van der Waals surface area contributed by atoms with E-state index in [0.29, 0.717) is 10.5 Å². The first-order valence-electron chi connectivity index (χ1n) is 11.2. The van der Waals surface area contributed by atoms with Gasteiger partial charge in [-0.1, -0.05) is 36.1 Å². The fourth-order valence-corrected chi connectivity index (χ4v) is 5.85. The molecule has 0 spiro atoms. The van der Waals surface area contributed by atoms with Crippen molar-refractivity contribution in [2.45, 2.75) is 10.6 Å². The monoisotopic (exact) mass is 474 g/mol. The number of benzene rings is 2. The molecule has 8 heteroatoms. The Bertz CT molecular complexity index is 1510. The molecule has 3 heterocycles. The Morgan fingerprint density at radius 1 is 1.09 bits per heavy atom. The van der Waals surface area contributed by atoms with Crippen LogP contribution in [0.1, 0.15) is 11.1 Å². The quantitative estimate of drug-likeness (QED) is 0.442. The van der Waals surface area contributed by atoms with Crippen LogP contribution in [0.15, 0.2) is 59.6 Å². The third kappa shape index (κ3) is 4.26. The fraction of sp³-hybridized carbons (Fsp3) is 0.269. The summed E-state index contributed by atoms with van der Waals surface area (Å²) in [4.78, 5) is 12.9. The Balaban J connectivity index is 1.65. The smallest absolute Gasteiger partial charge is 0.182 e. The predicted octanol–water partition coefficient (Wildman–Crippen LogP) is 2.79. The topological polar surface area (TPSA) is 89.5 Å². The molecule has 1 fully saturated rings. The predicted molar refractivity (Wildman–Crippen MR) is 135 cm³/mol. The van der Waals surface area contributed by atoms with Gasteiger partial charge in [0.2, 0.25) is 0 Å². The summed E-state index contributed by atoms with van der Waals surface area (Å²) in [6.07, 6.45) is 1.74. The Hall–Kier alpha value is -3.38. The molecule has 0 bridgehead atoms. The van der Waals surface area contributed by atoms with Gasteiger partial charge in [0.05, 0.1) is 27.3 Å². The summed E-state index contributed by atoms with van der Waals surface area (Å²) in [5.74, 6) is 5.74. The molecule has 4 aromatic rings. The van der Waals surface area contributed by atoms with Crippen LogP contribution in [0.3, 0.4) is 0 Å². The summed E-state index contributed by atoms with van der Waals surface area (Å²) in [6, 6.07) is 14.2. The van der Waals surface area contributed by atoms with E-state index in [1.807, 2.05) is 18.2 Å². The van der Waals surface area contributed by atoms with Gasteiger partial charge in [0.1, 0.15) is 12.3 Å². The molecule has 34 heavy (non-hydrogen) atoms. The van der Waals surface area contributed by atoms with Crippen LogP contribution < -0.4 is 4.90 Å². The van der Waals surface area contributed by atoms with Crippen molar-refractivity contribution in [2.75, 3.05) is 44.7 Å². The summed E-state index contributed by atoms with van der Waals surface area (Å²) < 4.78 is 26.0. The van der Waals surface area contributed by atoms with Gasteiger partial charge < -0.3 is 19.9 Å². The van der Waals surface area contributed by atoms with Crippen LogP contribution in [0.2, 0.25) is 0 Å². The molecule has 0 unspecified atom stereocenters. The zero-order valence-electron chi connectivity index (χ0n) is 19.0. The van der Waals surface area contributed by atoms with Crippen LogP contribution in [0.25, 0.3) is 21.9 Å². The molecule has 2 aromatic carbocycles. The van der Waals surface area contributed by atoms with Crippen molar-refractivity contribution in [2.24, 2.45) is 0 Å². The first kappa shape index (κ1) is 22.4. The molecule has 2 N–H and O–H groups in total. The molecule has 0 atom stereocenters. The number of anilines is 1. The first-order chi connectivity index (χ1) is 16.5. The van der Waals surface area contributed by atoms with E-state index in [0.717, 1.165) is 59.4 Å². The number of sulfone groups is 1. The molecule has 7 nitrogen and oxygen atoms in total. The molecule has 1 aliphatic rings. The zero-order chi connectivity index (χ0) is 23.7. The van der Waals surface area contributed by atoms with E-state index < -0.39 is 9.84 Å². The minimum absolute atomic E-state index is 0.0824. The van der Waals surface area contributed by atoms with Gasteiger partial charge in [0, 0.05) is 43.3 Å². The Morgan fingerprint density at radius 3 is 2.59 bits per heavy atom. The number of hydrogen-bond donors (Lipinski definition) is 2. The number of likely N-dealkylation sites (N-methyl/N-ethyl adjacent to an activating group) is 1. The standard InChI is InChI=1S/C26H26N4O3S/c1-29-11-13-30(14-12-29)25-20(6-5-15-31)17-27-26-24(25)22-16-19(9-10-23(22)28-26)18-34(32,33)21-7-3-2-4-8-21/h2-4,7-10,16-17,31H,11-15,18H2,1H3,(H,27,28). The highest BCUT2D eigenvalue weighted by Crippen LogP contribution is 2.36. The molecule has 0 radical (unpaired) electrons. The van der Waals surface area contributed by atoms with Crippen molar-refractivity contribution in [3.8, 4) is 11.8 Å². The number of nitrogens with one attached hydrogen (secondary N) is 1. The number of H-pyrrole nitrogens is 1. The lowest BCUT2D eigenvalue weighted by molar-refractivity contribution is 0.313. The molecular weight excluding hydrogens is 448 g/mol. The van der Waals surface area contributed by atoms with E-state index in [9.17, 15) is 13.5 Å². The number of hydrogen-bond acceptors (Lipinski definition) is 6. The third-order valence-corrected chi connectivity index (χ3v) is 7.94. The highest BCUT2D eigenvalue weighted by molar-refractivity contribution is 7.90. The molecule has 1 aliphatic heterocycles. The van der Waals surface area contributed by atoms with E-state index in [2.05, 4.69) is 38.7 Å². The number of nitrogens with zero attached hydrogens (tertiary/aromatic N) is 3. The summed E-state index contributed by atoms with van der Waals surface area (Å²) in [5.41, 5.74) is 4.09. The van der Waals surface area contributed by atoms with Crippen molar-refractivity contribution < 1.29 is 13.5 Å². The summed E-state index contributed by atoms with van der Waals surface area (Å²) in [5, 5.41) is 11.1. The number of fused-ring (bicyclic) bond motifs is 3. The van der Waals surface area contributed by atoms with Crippen molar-refractivity contribution in [1.29, 1.82) is 0 Å². The normalized spacial score (nSPS) is 14.9. The van der Waals surface area contributed by atoms with E-state index in [1.54, 1.807) is 36.5 Å². The lowest BCUT2D eigenvalue weighted by atomic mass is 10.1. The second-order valence-corrected chi connectivity index (χ2v) is 10.6. The van der Waals surface area contributed by atoms with Crippen LogP contribution in [0, 0.1) is 11.8 Å².